The Kier molecular flexibility index (Phi) is 6.08. The number of fused-ring (bicyclic) bond motifs is 1. The molecule has 1 N–H and O–H groups in total. The lowest BCUT2D eigenvalue weighted by Crippen LogP contribution is -2.53. The van der Waals surface area contributed by atoms with Gasteiger partial charge in [0.1, 0.15) is 5.82 Å². The predicted molar refractivity (Wildman–Crippen MR) is 126 cm³/mol. The topological polar surface area (TPSA) is 46.9 Å². The maximum absolute atomic E-state index is 13.3. The van der Waals surface area contributed by atoms with Crippen LogP contribution in [-0.4, -0.2) is 22.0 Å². The fraction of sp³-hybridized carbons (Fsp3) is 0.704. The molecule has 1 heterocycles. The molecule has 6 rings (SSSR count). The van der Waals surface area contributed by atoms with Crippen LogP contribution in [0.2, 0.25) is 0 Å². The fourth-order valence-electron chi connectivity index (χ4n) is 7.30. The third-order valence-electron chi connectivity index (χ3n) is 8.37. The van der Waals surface area contributed by atoms with Gasteiger partial charge < -0.3 is 9.88 Å². The molecule has 4 aliphatic carbocycles. The van der Waals surface area contributed by atoms with E-state index < -0.39 is 0 Å². The Morgan fingerprint density at radius 2 is 1.71 bits per heavy atom. The van der Waals surface area contributed by atoms with Crippen LogP contribution in [0.1, 0.15) is 83.4 Å². The molecule has 4 fully saturated rings. The molecular formula is C27H39N3O. The first-order chi connectivity index (χ1) is 15.2. The number of carbonyl (C=O) groups excluding carboxylic acids is 1. The molecule has 0 radical (unpaired) electrons. The summed E-state index contributed by atoms with van der Waals surface area (Å²) in [6, 6.07) is 8.47. The van der Waals surface area contributed by atoms with Crippen LogP contribution in [0, 0.1) is 23.2 Å². The van der Waals surface area contributed by atoms with E-state index in [1.165, 1.54) is 56.9 Å². The second kappa shape index (κ2) is 8.96. The van der Waals surface area contributed by atoms with E-state index in [0.29, 0.717) is 12.5 Å². The Hall–Kier alpha value is -1.84. The minimum Gasteiger partial charge on any atom is -0.355 e. The first kappa shape index (κ1) is 21.0. The number of nitrogens with one attached hydrogen (secondary N) is 1. The highest BCUT2D eigenvalue weighted by atomic mass is 16.2. The summed E-state index contributed by atoms with van der Waals surface area (Å²) in [5.41, 5.74) is 2.27. The van der Waals surface area contributed by atoms with Crippen molar-refractivity contribution < 1.29 is 4.79 Å². The normalized spacial score (nSPS) is 29.0. The van der Waals surface area contributed by atoms with Gasteiger partial charge >= 0.3 is 0 Å². The maximum Gasteiger partial charge on any atom is 0.226 e. The Balaban J connectivity index is 1.21. The van der Waals surface area contributed by atoms with Crippen LogP contribution in [0.3, 0.4) is 0 Å². The van der Waals surface area contributed by atoms with Crippen molar-refractivity contribution in [2.45, 2.75) is 90.5 Å². The van der Waals surface area contributed by atoms with Gasteiger partial charge in [0, 0.05) is 24.9 Å². The van der Waals surface area contributed by atoms with Crippen molar-refractivity contribution in [2.24, 2.45) is 23.2 Å². The molecule has 4 bridgehead atoms. The van der Waals surface area contributed by atoms with Crippen LogP contribution in [-0.2, 0) is 17.8 Å². The van der Waals surface area contributed by atoms with Gasteiger partial charge in [-0.3, -0.25) is 4.79 Å². The van der Waals surface area contributed by atoms with Crippen LogP contribution >= 0.6 is 0 Å². The third-order valence-corrected chi connectivity index (χ3v) is 8.37. The van der Waals surface area contributed by atoms with Gasteiger partial charge in [-0.2, -0.15) is 0 Å². The van der Waals surface area contributed by atoms with Gasteiger partial charge in [-0.25, -0.2) is 4.98 Å². The van der Waals surface area contributed by atoms with E-state index in [1.807, 2.05) is 0 Å². The summed E-state index contributed by atoms with van der Waals surface area (Å²) < 4.78 is 2.40. The molecule has 4 saturated carbocycles. The van der Waals surface area contributed by atoms with Crippen LogP contribution in [0.4, 0.5) is 0 Å². The Bertz CT molecular complexity index is 879. The summed E-state index contributed by atoms with van der Waals surface area (Å²) in [6.07, 6.45) is 14.8. The molecule has 1 amide bonds. The van der Waals surface area contributed by atoms with Crippen LogP contribution in [0.15, 0.2) is 24.3 Å². The van der Waals surface area contributed by atoms with Gasteiger partial charge in [-0.05, 0) is 74.8 Å². The van der Waals surface area contributed by atoms with Gasteiger partial charge in [0.05, 0.1) is 11.0 Å². The quantitative estimate of drug-likeness (QED) is 0.487. The monoisotopic (exact) mass is 421 g/mol. The van der Waals surface area contributed by atoms with Crippen molar-refractivity contribution in [3.63, 3.8) is 0 Å². The fourth-order valence-corrected chi connectivity index (χ4v) is 7.30. The molecule has 31 heavy (non-hydrogen) atoms. The minimum absolute atomic E-state index is 0.0475. The minimum atomic E-state index is -0.0475. The second-order valence-corrected chi connectivity index (χ2v) is 10.8. The number of hydrogen-bond donors (Lipinski definition) is 1. The number of benzene rings is 1. The van der Waals surface area contributed by atoms with Gasteiger partial charge in [-0.1, -0.05) is 44.7 Å². The maximum atomic E-state index is 13.3. The highest BCUT2D eigenvalue weighted by molar-refractivity contribution is 5.83. The molecule has 4 aliphatic rings. The van der Waals surface area contributed by atoms with Gasteiger partial charge in [0.2, 0.25) is 5.91 Å². The SMILES string of the molecule is CCCCCCCn1c(CCNC(=O)C23CC4CC(CC(C4)C2)C3)nc2ccccc21. The first-order valence-corrected chi connectivity index (χ1v) is 12.9. The molecule has 2 aromatic rings. The third kappa shape index (κ3) is 4.27. The molecule has 0 unspecified atom stereocenters. The number of aryl methyl sites for hydroxylation is 1. The molecule has 4 heteroatoms. The molecule has 0 atom stereocenters. The number of aromatic nitrogens is 2. The number of unbranched alkanes of at least 4 members (excludes halogenated alkanes) is 4. The van der Waals surface area contributed by atoms with E-state index in [0.717, 1.165) is 61.3 Å². The number of imidazole rings is 1. The van der Waals surface area contributed by atoms with E-state index in [1.54, 1.807) is 0 Å². The van der Waals surface area contributed by atoms with Crippen LogP contribution in [0.25, 0.3) is 11.0 Å². The zero-order chi connectivity index (χ0) is 21.3. The van der Waals surface area contributed by atoms with Gasteiger partial charge in [0.15, 0.2) is 0 Å². The molecule has 1 aromatic carbocycles. The van der Waals surface area contributed by atoms with Crippen molar-refractivity contribution in [2.75, 3.05) is 6.54 Å². The molecular weight excluding hydrogens is 382 g/mol. The Morgan fingerprint density at radius 3 is 2.42 bits per heavy atom. The predicted octanol–water partition coefficient (Wildman–Crippen LogP) is 5.88. The van der Waals surface area contributed by atoms with Crippen molar-refractivity contribution in [1.82, 2.24) is 14.9 Å². The average Bonchev–Trinajstić information content (AvgIpc) is 3.10. The van der Waals surface area contributed by atoms with Crippen LogP contribution < -0.4 is 5.32 Å². The number of rotatable bonds is 10. The summed E-state index contributed by atoms with van der Waals surface area (Å²) in [5, 5.41) is 3.35. The lowest BCUT2D eigenvalue weighted by atomic mass is 9.49. The smallest absolute Gasteiger partial charge is 0.226 e. The zero-order valence-corrected chi connectivity index (χ0v) is 19.2. The standard InChI is InChI=1S/C27H39N3O/c1-2-3-4-5-8-13-30-24-10-7-6-9-23(24)29-25(30)11-12-28-26(31)27-17-20-14-21(18-27)16-22(15-20)19-27/h6-7,9-10,20-22H,2-5,8,11-19H2,1H3,(H,28,31). The Morgan fingerprint density at radius 1 is 1.03 bits per heavy atom. The second-order valence-electron chi connectivity index (χ2n) is 10.8. The van der Waals surface area contributed by atoms with Crippen molar-refractivity contribution >= 4 is 16.9 Å². The highest BCUT2D eigenvalue weighted by Gasteiger charge is 2.54. The molecule has 0 spiro atoms. The van der Waals surface area contributed by atoms with Crippen molar-refractivity contribution in [3.05, 3.63) is 30.1 Å². The van der Waals surface area contributed by atoms with E-state index in [4.69, 9.17) is 4.98 Å². The lowest BCUT2D eigenvalue weighted by Gasteiger charge is -2.55. The number of hydrogen-bond acceptors (Lipinski definition) is 2. The van der Waals surface area contributed by atoms with Gasteiger partial charge in [0.25, 0.3) is 0 Å². The number of carbonyl (C=O) groups is 1. The lowest BCUT2D eigenvalue weighted by molar-refractivity contribution is -0.146. The van der Waals surface area contributed by atoms with Crippen LogP contribution in [0.5, 0.6) is 0 Å². The van der Waals surface area contributed by atoms with Crippen molar-refractivity contribution in [1.29, 1.82) is 0 Å². The molecule has 0 aliphatic heterocycles. The molecule has 0 saturated heterocycles. The number of amides is 1. The number of para-hydroxylation sites is 2. The van der Waals surface area contributed by atoms with Gasteiger partial charge in [-0.15, -0.1) is 0 Å². The first-order valence-electron chi connectivity index (χ1n) is 12.9. The molecule has 168 valence electrons. The Labute approximate surface area is 187 Å². The van der Waals surface area contributed by atoms with E-state index in [2.05, 4.69) is 41.1 Å². The summed E-state index contributed by atoms with van der Waals surface area (Å²) in [7, 11) is 0. The molecule has 4 nitrogen and oxygen atoms in total. The van der Waals surface area contributed by atoms with E-state index in [-0.39, 0.29) is 5.41 Å². The molecule has 1 aromatic heterocycles. The summed E-state index contributed by atoms with van der Waals surface area (Å²) >= 11 is 0. The summed E-state index contributed by atoms with van der Waals surface area (Å²) in [6.45, 7) is 4.00. The number of nitrogens with zero attached hydrogens (tertiary/aromatic N) is 2. The summed E-state index contributed by atoms with van der Waals surface area (Å²) in [5.74, 6) is 3.91. The zero-order valence-electron chi connectivity index (χ0n) is 19.2. The largest absolute Gasteiger partial charge is 0.355 e. The summed E-state index contributed by atoms with van der Waals surface area (Å²) in [4.78, 5) is 18.2. The average molecular weight is 422 g/mol. The van der Waals surface area contributed by atoms with E-state index in [9.17, 15) is 4.79 Å². The highest BCUT2D eigenvalue weighted by Crippen LogP contribution is 2.60. The van der Waals surface area contributed by atoms with E-state index >= 15 is 0 Å². The van der Waals surface area contributed by atoms with Crippen molar-refractivity contribution in [3.8, 4) is 0 Å².